The highest BCUT2D eigenvalue weighted by Gasteiger charge is 2.37. The number of aliphatic hydroxyl groups excluding tert-OH is 1. The largest absolute Gasteiger partial charge is 0.391 e. The van der Waals surface area contributed by atoms with Gasteiger partial charge in [0.15, 0.2) is 0 Å². The molecule has 3 atom stereocenters. The number of hydrogen-bond acceptors (Lipinski definition) is 2. The Kier molecular flexibility index (Phi) is 0.866. The summed E-state index contributed by atoms with van der Waals surface area (Å²) in [5.74, 6) is 0. The zero-order chi connectivity index (χ0) is 5.56. The van der Waals surface area contributed by atoms with Gasteiger partial charge in [-0.3, -0.25) is 0 Å². The van der Waals surface area contributed by atoms with Crippen molar-refractivity contribution >= 4 is 0 Å². The molecule has 2 heteroatoms. The van der Waals surface area contributed by atoms with Crippen LogP contribution in [0.4, 0.5) is 0 Å². The zero-order valence-electron chi connectivity index (χ0n) is 4.80. The molecule has 2 rings (SSSR count). The van der Waals surface area contributed by atoms with Crippen LogP contribution in [-0.4, -0.2) is 23.3 Å². The summed E-state index contributed by atoms with van der Waals surface area (Å²) in [7, 11) is 0. The Morgan fingerprint density at radius 3 is 2.50 bits per heavy atom. The van der Waals surface area contributed by atoms with Gasteiger partial charge in [-0.15, -0.1) is 0 Å². The van der Waals surface area contributed by atoms with E-state index in [0.29, 0.717) is 12.1 Å². The van der Waals surface area contributed by atoms with Crippen molar-refractivity contribution in [3.63, 3.8) is 0 Å². The van der Waals surface area contributed by atoms with Crippen molar-refractivity contribution in [2.24, 2.45) is 0 Å². The molecular weight excluding hydrogens is 102 g/mol. The van der Waals surface area contributed by atoms with Crippen molar-refractivity contribution in [2.75, 3.05) is 0 Å². The molecule has 2 nitrogen and oxygen atoms in total. The standard InChI is InChI=1S/C6H11NO/c8-6-3-4-1-2-5(6)7-4/h4-8H,1-3H2/t4-,5-,6-/m0/s1. The number of nitrogens with one attached hydrogen (secondary N) is 1. The Hall–Kier alpha value is -0.0800. The molecule has 0 unspecified atom stereocenters. The van der Waals surface area contributed by atoms with Crippen molar-refractivity contribution in [2.45, 2.75) is 37.5 Å². The second kappa shape index (κ2) is 1.45. The third kappa shape index (κ3) is 0.501. The fraction of sp³-hybridized carbons (Fsp3) is 1.00. The Labute approximate surface area is 48.9 Å². The van der Waals surface area contributed by atoms with E-state index >= 15 is 0 Å². The molecule has 2 aliphatic heterocycles. The van der Waals surface area contributed by atoms with Gasteiger partial charge in [-0.2, -0.15) is 0 Å². The fourth-order valence-corrected chi connectivity index (χ4v) is 1.80. The van der Waals surface area contributed by atoms with Crippen LogP contribution in [0.3, 0.4) is 0 Å². The van der Waals surface area contributed by atoms with E-state index in [0.717, 1.165) is 6.42 Å². The summed E-state index contributed by atoms with van der Waals surface area (Å²) in [6.45, 7) is 0. The first-order valence-corrected chi connectivity index (χ1v) is 3.30. The van der Waals surface area contributed by atoms with E-state index in [9.17, 15) is 0 Å². The molecular formula is C6H11NO. The van der Waals surface area contributed by atoms with Gasteiger partial charge in [0.25, 0.3) is 0 Å². The normalized spacial score (nSPS) is 52.9. The minimum absolute atomic E-state index is 0.0336. The van der Waals surface area contributed by atoms with Crippen LogP contribution < -0.4 is 5.32 Å². The lowest BCUT2D eigenvalue weighted by molar-refractivity contribution is 0.145. The van der Waals surface area contributed by atoms with Crippen LogP contribution >= 0.6 is 0 Å². The van der Waals surface area contributed by atoms with E-state index in [1.165, 1.54) is 12.8 Å². The molecule has 0 aliphatic carbocycles. The van der Waals surface area contributed by atoms with E-state index in [-0.39, 0.29) is 6.10 Å². The van der Waals surface area contributed by atoms with Crippen LogP contribution in [0.15, 0.2) is 0 Å². The molecule has 0 saturated carbocycles. The highest BCUT2D eigenvalue weighted by molar-refractivity contribution is 4.97. The Bertz CT molecular complexity index is 103. The minimum Gasteiger partial charge on any atom is -0.391 e. The molecule has 2 aliphatic rings. The molecule has 0 aromatic heterocycles. The number of fused-ring (bicyclic) bond motifs is 2. The van der Waals surface area contributed by atoms with Crippen LogP contribution in [0.5, 0.6) is 0 Å². The van der Waals surface area contributed by atoms with E-state index in [1.54, 1.807) is 0 Å². The van der Waals surface area contributed by atoms with Gasteiger partial charge in [-0.05, 0) is 19.3 Å². The molecule has 2 fully saturated rings. The lowest BCUT2D eigenvalue weighted by atomic mass is 9.98. The first kappa shape index (κ1) is 4.77. The number of rotatable bonds is 0. The monoisotopic (exact) mass is 113 g/mol. The van der Waals surface area contributed by atoms with Gasteiger partial charge in [0.05, 0.1) is 6.10 Å². The summed E-state index contributed by atoms with van der Waals surface area (Å²) in [6.07, 6.45) is 3.42. The third-order valence-electron chi connectivity index (χ3n) is 2.27. The van der Waals surface area contributed by atoms with Crippen LogP contribution in [0.2, 0.25) is 0 Å². The molecule has 2 N–H and O–H groups in total. The zero-order valence-corrected chi connectivity index (χ0v) is 4.80. The lowest BCUT2D eigenvalue weighted by Crippen LogP contribution is -2.26. The highest BCUT2D eigenvalue weighted by Crippen LogP contribution is 2.27. The lowest BCUT2D eigenvalue weighted by Gasteiger charge is -2.12. The summed E-state index contributed by atoms with van der Waals surface area (Å²) < 4.78 is 0. The van der Waals surface area contributed by atoms with Crippen molar-refractivity contribution in [1.82, 2.24) is 5.32 Å². The summed E-state index contributed by atoms with van der Waals surface area (Å²) in [5, 5.41) is 12.5. The maximum atomic E-state index is 9.16. The van der Waals surface area contributed by atoms with Gasteiger partial charge < -0.3 is 10.4 Å². The molecule has 8 heavy (non-hydrogen) atoms. The van der Waals surface area contributed by atoms with Crippen LogP contribution in [-0.2, 0) is 0 Å². The van der Waals surface area contributed by atoms with E-state index in [2.05, 4.69) is 5.32 Å². The summed E-state index contributed by atoms with van der Waals surface area (Å²) in [5.41, 5.74) is 0. The smallest absolute Gasteiger partial charge is 0.0708 e. The average molecular weight is 113 g/mol. The Morgan fingerprint density at radius 1 is 1.38 bits per heavy atom. The Balaban J connectivity index is 2.11. The van der Waals surface area contributed by atoms with Gasteiger partial charge in [0.2, 0.25) is 0 Å². The summed E-state index contributed by atoms with van der Waals surface area (Å²) in [4.78, 5) is 0. The second-order valence-corrected chi connectivity index (χ2v) is 2.85. The van der Waals surface area contributed by atoms with Crippen LogP contribution in [0.25, 0.3) is 0 Å². The predicted molar refractivity (Wildman–Crippen MR) is 30.6 cm³/mol. The first-order valence-electron chi connectivity index (χ1n) is 3.30. The maximum absolute atomic E-state index is 9.16. The molecule has 2 saturated heterocycles. The third-order valence-corrected chi connectivity index (χ3v) is 2.27. The Morgan fingerprint density at radius 2 is 2.25 bits per heavy atom. The molecule has 2 heterocycles. The second-order valence-electron chi connectivity index (χ2n) is 2.85. The predicted octanol–water partition coefficient (Wildman–Crippen LogP) is -0.128. The highest BCUT2D eigenvalue weighted by atomic mass is 16.3. The maximum Gasteiger partial charge on any atom is 0.0708 e. The summed E-state index contributed by atoms with van der Waals surface area (Å²) >= 11 is 0. The molecule has 46 valence electrons. The number of hydrogen-bond donors (Lipinski definition) is 2. The van der Waals surface area contributed by atoms with Crippen molar-refractivity contribution in [1.29, 1.82) is 0 Å². The molecule has 0 amide bonds. The molecule has 2 bridgehead atoms. The van der Waals surface area contributed by atoms with Gasteiger partial charge in [-0.25, -0.2) is 0 Å². The molecule has 0 aromatic carbocycles. The van der Waals surface area contributed by atoms with Crippen LogP contribution in [0.1, 0.15) is 19.3 Å². The average Bonchev–Trinajstić information content (AvgIpc) is 2.23. The first-order chi connectivity index (χ1) is 3.86. The molecule has 0 aromatic rings. The van der Waals surface area contributed by atoms with Crippen molar-refractivity contribution < 1.29 is 5.11 Å². The topological polar surface area (TPSA) is 32.3 Å². The molecule has 0 radical (unpaired) electrons. The van der Waals surface area contributed by atoms with Gasteiger partial charge in [0, 0.05) is 12.1 Å². The van der Waals surface area contributed by atoms with E-state index < -0.39 is 0 Å². The van der Waals surface area contributed by atoms with Crippen molar-refractivity contribution in [3.05, 3.63) is 0 Å². The molecule has 0 spiro atoms. The van der Waals surface area contributed by atoms with Gasteiger partial charge in [-0.1, -0.05) is 0 Å². The SMILES string of the molecule is O[C@H]1C[C@@H]2CC[C@@H]1N2. The fourth-order valence-electron chi connectivity index (χ4n) is 1.80. The number of aliphatic hydroxyl groups is 1. The van der Waals surface area contributed by atoms with Gasteiger partial charge in [0.1, 0.15) is 0 Å². The minimum atomic E-state index is -0.0336. The van der Waals surface area contributed by atoms with Gasteiger partial charge >= 0.3 is 0 Å². The van der Waals surface area contributed by atoms with E-state index in [4.69, 9.17) is 5.11 Å². The van der Waals surface area contributed by atoms with Crippen molar-refractivity contribution in [3.8, 4) is 0 Å². The van der Waals surface area contributed by atoms with Crippen LogP contribution in [0, 0.1) is 0 Å². The van der Waals surface area contributed by atoms with E-state index in [1.807, 2.05) is 0 Å². The quantitative estimate of drug-likeness (QED) is 0.458. The summed E-state index contributed by atoms with van der Waals surface area (Å²) in [6, 6.07) is 1.09.